The normalized spacial score (nSPS) is 33.8. The third-order valence-electron chi connectivity index (χ3n) is 9.22. The molecule has 3 heterocycles. The molecule has 6 aliphatic rings. The first-order valence-corrected chi connectivity index (χ1v) is 15.9. The van der Waals surface area contributed by atoms with Crippen LogP contribution in [-0.2, 0) is 38.7 Å². The van der Waals surface area contributed by atoms with Crippen LogP contribution in [0.15, 0.2) is 48.5 Å². The summed E-state index contributed by atoms with van der Waals surface area (Å²) in [4.78, 5) is 39.5. The lowest BCUT2D eigenvalue weighted by Gasteiger charge is -2.44. The minimum atomic E-state index is -6.67. The third-order valence-corrected chi connectivity index (χ3v) is 11.9. The minimum absolute atomic E-state index is 0.112. The van der Waals surface area contributed by atoms with Crippen LogP contribution in [0.5, 0.6) is 0 Å². The van der Waals surface area contributed by atoms with E-state index in [-0.39, 0.29) is 11.8 Å². The number of halogens is 5. The molecule has 2 aromatic rings. The van der Waals surface area contributed by atoms with Gasteiger partial charge in [-0.1, -0.05) is 48.5 Å². The second kappa shape index (κ2) is 9.63. The zero-order valence-corrected chi connectivity index (χ0v) is 23.7. The molecule has 0 saturated carbocycles. The van der Waals surface area contributed by atoms with Crippen molar-refractivity contribution in [1.29, 1.82) is 0 Å². The van der Waals surface area contributed by atoms with Gasteiger partial charge in [0.05, 0.1) is 28.3 Å². The van der Waals surface area contributed by atoms with E-state index < -0.39 is 86.0 Å². The molecule has 0 aromatic heterocycles. The van der Waals surface area contributed by atoms with Crippen LogP contribution in [0.2, 0.25) is 0 Å². The van der Waals surface area contributed by atoms with Crippen molar-refractivity contribution in [3.05, 3.63) is 70.8 Å². The molecule has 8 rings (SSSR count). The standard InChI is InChI=1S/C28H21F5O9S2/c29-27(30,31)26(28(32,33)44(37,38)39)42-25(36)18-17-21-20(41-24(17)35)19(22(18)43-21)40-23(34)15-9-14-10-5-1-3-7-12(10)16(15)13-8-4-2-6-11(13)14/h1-8,14-22,26H,9H2,(H,37,38,39). The highest BCUT2D eigenvalue weighted by molar-refractivity contribution is 8.01. The van der Waals surface area contributed by atoms with E-state index in [4.69, 9.17) is 14.0 Å². The fourth-order valence-corrected chi connectivity index (χ4v) is 9.93. The third kappa shape index (κ3) is 4.12. The van der Waals surface area contributed by atoms with Crippen molar-refractivity contribution in [2.45, 2.75) is 58.5 Å². The monoisotopic (exact) mass is 660 g/mol. The first-order chi connectivity index (χ1) is 20.6. The van der Waals surface area contributed by atoms with Gasteiger partial charge in [0.25, 0.3) is 6.10 Å². The fraction of sp³-hybridized carbons (Fsp3) is 0.464. The molecule has 3 aliphatic heterocycles. The quantitative estimate of drug-likeness (QED) is 0.211. The van der Waals surface area contributed by atoms with E-state index in [1.807, 2.05) is 48.5 Å². The number of alkyl halides is 5. The molecule has 0 radical (unpaired) electrons. The van der Waals surface area contributed by atoms with Gasteiger partial charge in [0.1, 0.15) is 0 Å². The summed E-state index contributed by atoms with van der Waals surface area (Å²) in [6.45, 7) is 0. The van der Waals surface area contributed by atoms with Gasteiger partial charge in [0.15, 0.2) is 12.2 Å². The number of benzene rings is 2. The molecule has 9 nitrogen and oxygen atoms in total. The predicted octanol–water partition coefficient (Wildman–Crippen LogP) is 3.81. The van der Waals surface area contributed by atoms with E-state index in [9.17, 15) is 44.8 Å². The number of thioether (sulfide) groups is 1. The number of carbonyl (C=O) groups excluding carboxylic acids is 3. The highest BCUT2D eigenvalue weighted by Gasteiger charge is 2.73. The zero-order valence-electron chi connectivity index (χ0n) is 22.0. The lowest BCUT2D eigenvalue weighted by atomic mass is 9.59. The van der Waals surface area contributed by atoms with Gasteiger partial charge in [0, 0.05) is 11.8 Å². The molecule has 234 valence electrons. The van der Waals surface area contributed by atoms with Crippen LogP contribution in [0.1, 0.15) is 40.5 Å². The summed E-state index contributed by atoms with van der Waals surface area (Å²) in [5.41, 5.74) is 4.04. The molecule has 2 aromatic carbocycles. The highest BCUT2D eigenvalue weighted by atomic mass is 32.2. The van der Waals surface area contributed by atoms with Gasteiger partial charge in [-0.15, -0.1) is 11.8 Å². The average molecular weight is 661 g/mol. The number of esters is 3. The Morgan fingerprint density at radius 2 is 1.50 bits per heavy atom. The fourth-order valence-electron chi connectivity index (χ4n) is 7.48. The zero-order chi connectivity index (χ0) is 31.5. The lowest BCUT2D eigenvalue weighted by molar-refractivity contribution is -0.261. The largest absolute Gasteiger partial charge is 0.457 e. The molecule has 0 amide bonds. The predicted molar refractivity (Wildman–Crippen MR) is 139 cm³/mol. The Bertz CT molecular complexity index is 1650. The first-order valence-electron chi connectivity index (χ1n) is 13.5. The van der Waals surface area contributed by atoms with Crippen molar-refractivity contribution in [2.75, 3.05) is 0 Å². The number of rotatable bonds is 6. The maximum atomic E-state index is 14.1. The van der Waals surface area contributed by atoms with Gasteiger partial charge in [-0.2, -0.15) is 30.4 Å². The Morgan fingerprint density at radius 1 is 0.932 bits per heavy atom. The Kier molecular flexibility index (Phi) is 6.45. The van der Waals surface area contributed by atoms with Crippen molar-refractivity contribution in [1.82, 2.24) is 0 Å². The molecule has 8 unspecified atom stereocenters. The molecule has 44 heavy (non-hydrogen) atoms. The maximum Gasteiger partial charge on any atom is 0.432 e. The molecular weight excluding hydrogens is 639 g/mol. The topological polar surface area (TPSA) is 133 Å². The van der Waals surface area contributed by atoms with Crippen molar-refractivity contribution in [2.24, 2.45) is 17.8 Å². The smallest absolute Gasteiger partial charge is 0.432 e. The van der Waals surface area contributed by atoms with E-state index in [1.165, 1.54) is 0 Å². The molecule has 1 N–H and O–H groups in total. The van der Waals surface area contributed by atoms with Crippen LogP contribution in [0.3, 0.4) is 0 Å². The van der Waals surface area contributed by atoms with Gasteiger partial charge in [-0.3, -0.25) is 18.9 Å². The van der Waals surface area contributed by atoms with Crippen molar-refractivity contribution in [3.8, 4) is 0 Å². The number of carbonyl (C=O) groups is 3. The van der Waals surface area contributed by atoms with Crippen LogP contribution >= 0.6 is 11.8 Å². The summed E-state index contributed by atoms with van der Waals surface area (Å²) in [7, 11) is -6.67. The van der Waals surface area contributed by atoms with Crippen molar-refractivity contribution in [3.63, 3.8) is 0 Å². The minimum Gasteiger partial charge on any atom is -0.457 e. The second-order valence-electron chi connectivity index (χ2n) is 11.4. The van der Waals surface area contributed by atoms with Gasteiger partial charge < -0.3 is 14.2 Å². The molecule has 3 aliphatic carbocycles. The van der Waals surface area contributed by atoms with Crippen LogP contribution in [0.4, 0.5) is 22.0 Å². The van der Waals surface area contributed by atoms with E-state index >= 15 is 0 Å². The van der Waals surface area contributed by atoms with E-state index in [2.05, 4.69) is 4.74 Å². The highest BCUT2D eigenvalue weighted by Crippen LogP contribution is 2.61. The van der Waals surface area contributed by atoms with Gasteiger partial charge in [-0.05, 0) is 28.7 Å². The molecule has 3 saturated heterocycles. The van der Waals surface area contributed by atoms with E-state index in [1.54, 1.807) is 0 Å². The second-order valence-corrected chi connectivity index (χ2v) is 14.3. The Morgan fingerprint density at radius 3 is 2.05 bits per heavy atom. The first kappa shape index (κ1) is 29.5. The van der Waals surface area contributed by atoms with E-state index in [0.29, 0.717) is 6.42 Å². The van der Waals surface area contributed by atoms with Crippen LogP contribution in [0.25, 0.3) is 0 Å². The number of hydrogen-bond acceptors (Lipinski definition) is 9. The summed E-state index contributed by atoms with van der Waals surface area (Å²) >= 11 is 0.927. The summed E-state index contributed by atoms with van der Waals surface area (Å²) in [6.07, 6.45) is -12.6. The Balaban J connectivity index is 1.16. The molecule has 0 spiro atoms. The molecular formula is C28H21F5O9S2. The number of hydrogen-bond donors (Lipinski definition) is 1. The lowest BCUT2D eigenvalue weighted by Crippen LogP contribution is -2.55. The molecule has 3 fully saturated rings. The Labute approximate surface area is 250 Å². The average Bonchev–Trinajstić information content (AvgIpc) is 3.58. The summed E-state index contributed by atoms with van der Waals surface area (Å²) < 4.78 is 115. The van der Waals surface area contributed by atoms with Crippen LogP contribution in [-0.4, -0.2) is 71.1 Å². The maximum absolute atomic E-state index is 14.1. The summed E-state index contributed by atoms with van der Waals surface area (Å²) in [6, 6.07) is 15.3. The molecule has 4 bridgehead atoms. The number of ether oxygens (including phenoxy) is 3. The van der Waals surface area contributed by atoms with Crippen molar-refractivity contribution >= 4 is 39.8 Å². The van der Waals surface area contributed by atoms with E-state index in [0.717, 1.165) is 34.0 Å². The number of fused-ring (bicyclic) bond motifs is 2. The summed E-state index contributed by atoms with van der Waals surface area (Å²) in [5, 5.41) is -7.99. The van der Waals surface area contributed by atoms with Gasteiger partial charge >= 0.3 is 39.5 Å². The molecule has 8 atom stereocenters. The van der Waals surface area contributed by atoms with Gasteiger partial charge in [0.2, 0.25) is 0 Å². The summed E-state index contributed by atoms with van der Waals surface area (Å²) in [5.74, 6) is -8.04. The SMILES string of the molecule is O=C(OC1C2OC(=O)C3C2SC1C3C(=O)OC(C(F)(F)F)C(F)(F)S(=O)(=O)O)C1CC2c3ccccc3C1c1ccccc12. The van der Waals surface area contributed by atoms with Crippen LogP contribution < -0.4 is 0 Å². The Hall–Kier alpha value is -3.24. The van der Waals surface area contributed by atoms with Crippen LogP contribution in [0, 0.1) is 17.8 Å². The molecule has 16 heteroatoms. The van der Waals surface area contributed by atoms with Gasteiger partial charge in [-0.25, -0.2) is 0 Å². The van der Waals surface area contributed by atoms with Crippen molar-refractivity contribution < 1.29 is 63.5 Å².